The molecule has 1 aromatic rings. The minimum absolute atomic E-state index is 0.123. The van der Waals surface area contributed by atoms with E-state index in [0.29, 0.717) is 5.56 Å². The van der Waals surface area contributed by atoms with E-state index in [1.165, 1.54) is 64.6 Å². The molecule has 6 heteroatoms. The van der Waals surface area contributed by atoms with Crippen molar-refractivity contribution in [2.45, 2.75) is 85.0 Å². The minimum Gasteiger partial charge on any atom is -0.465 e. The molecule has 0 aliphatic heterocycles. The molecule has 0 aromatic heterocycles. The second-order valence-electron chi connectivity index (χ2n) is 7.82. The fourth-order valence-electron chi connectivity index (χ4n) is 3.44. The first-order valence-corrected chi connectivity index (χ1v) is 13.8. The summed E-state index contributed by atoms with van der Waals surface area (Å²) in [6.07, 6.45) is 13.9. The third kappa shape index (κ3) is 11.2. The molecule has 0 saturated carbocycles. The number of carbonyl (C=O) groups is 1. The van der Waals surface area contributed by atoms with E-state index in [4.69, 9.17) is 13.8 Å². The average Bonchev–Trinajstić information content (AvgIpc) is 2.81. The van der Waals surface area contributed by atoms with Crippen molar-refractivity contribution < 1.29 is 23.1 Å². The van der Waals surface area contributed by atoms with E-state index in [2.05, 4.69) is 18.8 Å². The molecular formula is C27H41O5P. The first-order valence-electron chi connectivity index (χ1n) is 12.3. The van der Waals surface area contributed by atoms with Gasteiger partial charge in [-0.25, -0.2) is 4.79 Å². The van der Waals surface area contributed by atoms with Crippen molar-refractivity contribution in [2.75, 3.05) is 20.3 Å². The normalized spacial score (nSPS) is 11.7. The Morgan fingerprint density at radius 1 is 0.909 bits per heavy atom. The van der Waals surface area contributed by atoms with Gasteiger partial charge in [-0.1, -0.05) is 88.3 Å². The highest BCUT2D eigenvalue weighted by Gasteiger charge is 2.35. The number of hydrogen-bond donors (Lipinski definition) is 0. The van der Waals surface area contributed by atoms with Crippen LogP contribution in [0.3, 0.4) is 0 Å². The van der Waals surface area contributed by atoms with Gasteiger partial charge in [-0.15, -0.1) is 0 Å². The average molecular weight is 477 g/mol. The molecule has 0 bridgehead atoms. The van der Waals surface area contributed by atoms with E-state index in [1.807, 2.05) is 24.3 Å². The number of carbonyl (C=O) groups excluding carboxylic acids is 1. The van der Waals surface area contributed by atoms with Gasteiger partial charge in [0.05, 0.1) is 20.3 Å². The summed E-state index contributed by atoms with van der Waals surface area (Å²) in [4.78, 5) is 12.4. The Labute approximate surface area is 200 Å². The highest BCUT2D eigenvalue weighted by molar-refractivity contribution is 7.60. The molecule has 184 valence electrons. The number of ether oxygens (including phenoxy) is 1. The molecule has 0 atom stereocenters. The van der Waals surface area contributed by atoms with Crippen molar-refractivity contribution in [1.82, 2.24) is 0 Å². The van der Waals surface area contributed by atoms with Crippen LogP contribution in [0, 0.1) is 11.8 Å². The predicted octanol–water partition coefficient (Wildman–Crippen LogP) is 7.74. The lowest BCUT2D eigenvalue weighted by atomic mass is 10.1. The third-order valence-corrected chi connectivity index (χ3v) is 7.27. The molecule has 1 rings (SSSR count). The summed E-state index contributed by atoms with van der Waals surface area (Å²) < 4.78 is 28.8. The topological polar surface area (TPSA) is 61.8 Å². The molecule has 5 nitrogen and oxygen atoms in total. The first kappa shape index (κ1) is 29.2. The SMILES string of the molecule is CCCCCCCCCCCC#Cc1ccccc1C=C(C(=O)OC)P(=O)(OCC)OCC. The largest absolute Gasteiger partial charge is 0.465 e. The Hall–Kier alpha value is -1.86. The van der Waals surface area contributed by atoms with Gasteiger partial charge in [0, 0.05) is 12.0 Å². The summed E-state index contributed by atoms with van der Waals surface area (Å²) in [5.41, 5.74) is 1.44. The Balaban J connectivity index is 2.82. The van der Waals surface area contributed by atoms with Gasteiger partial charge in [0.15, 0.2) is 0 Å². The zero-order valence-corrected chi connectivity index (χ0v) is 21.8. The van der Waals surface area contributed by atoms with Gasteiger partial charge < -0.3 is 13.8 Å². The van der Waals surface area contributed by atoms with E-state index in [9.17, 15) is 9.36 Å². The van der Waals surface area contributed by atoms with Crippen molar-refractivity contribution >= 4 is 19.6 Å². The monoisotopic (exact) mass is 476 g/mol. The van der Waals surface area contributed by atoms with Crippen molar-refractivity contribution in [3.63, 3.8) is 0 Å². The fraction of sp³-hybridized carbons (Fsp3) is 0.593. The van der Waals surface area contributed by atoms with E-state index < -0.39 is 13.6 Å². The number of hydrogen-bond acceptors (Lipinski definition) is 5. The lowest BCUT2D eigenvalue weighted by molar-refractivity contribution is -0.135. The zero-order chi connectivity index (χ0) is 24.4. The van der Waals surface area contributed by atoms with Crippen LogP contribution in [-0.2, 0) is 23.1 Å². The zero-order valence-electron chi connectivity index (χ0n) is 20.9. The standard InChI is InChI=1S/C27H41O5P/c1-5-8-9-10-11-12-13-14-15-16-17-20-24-21-18-19-22-25(24)23-26(27(28)30-4)33(29,31-6-2)32-7-3/h18-19,21-23H,5-16H2,1-4H3. The third-order valence-electron chi connectivity index (χ3n) is 5.17. The van der Waals surface area contributed by atoms with E-state index in [-0.39, 0.29) is 18.5 Å². The quantitative estimate of drug-likeness (QED) is 0.0803. The van der Waals surface area contributed by atoms with Crippen LogP contribution in [0.4, 0.5) is 0 Å². The van der Waals surface area contributed by atoms with Gasteiger partial charge in [-0.05, 0) is 38.0 Å². The number of unbranched alkanes of at least 4 members (excludes halogenated alkanes) is 9. The van der Waals surface area contributed by atoms with Crippen molar-refractivity contribution in [2.24, 2.45) is 0 Å². The smallest absolute Gasteiger partial charge is 0.368 e. The summed E-state index contributed by atoms with van der Waals surface area (Å²) in [6, 6.07) is 7.45. The van der Waals surface area contributed by atoms with Crippen molar-refractivity contribution in [1.29, 1.82) is 0 Å². The molecule has 0 spiro atoms. The highest BCUT2D eigenvalue weighted by Crippen LogP contribution is 2.57. The molecule has 0 radical (unpaired) electrons. The Morgan fingerprint density at radius 2 is 1.48 bits per heavy atom. The van der Waals surface area contributed by atoms with Crippen LogP contribution in [-0.4, -0.2) is 26.3 Å². The van der Waals surface area contributed by atoms with Crippen LogP contribution >= 0.6 is 7.60 Å². The van der Waals surface area contributed by atoms with Gasteiger partial charge in [-0.2, -0.15) is 0 Å². The van der Waals surface area contributed by atoms with Crippen LogP contribution in [0.25, 0.3) is 6.08 Å². The van der Waals surface area contributed by atoms with E-state index >= 15 is 0 Å². The number of rotatable bonds is 16. The van der Waals surface area contributed by atoms with Gasteiger partial charge >= 0.3 is 13.6 Å². The summed E-state index contributed by atoms with van der Waals surface area (Å²) >= 11 is 0. The maximum absolute atomic E-state index is 13.2. The highest BCUT2D eigenvalue weighted by atomic mass is 31.2. The van der Waals surface area contributed by atoms with E-state index in [0.717, 1.165) is 18.4 Å². The number of esters is 1. The van der Waals surface area contributed by atoms with Gasteiger partial charge in [0.2, 0.25) is 0 Å². The van der Waals surface area contributed by atoms with E-state index in [1.54, 1.807) is 13.8 Å². The van der Waals surface area contributed by atoms with Gasteiger partial charge in [0.1, 0.15) is 5.31 Å². The predicted molar refractivity (Wildman–Crippen MR) is 136 cm³/mol. The molecule has 0 N–H and O–H groups in total. The van der Waals surface area contributed by atoms with Crippen LogP contribution in [0.1, 0.15) is 96.1 Å². The van der Waals surface area contributed by atoms with Crippen molar-refractivity contribution in [3.05, 3.63) is 40.7 Å². The summed E-state index contributed by atoms with van der Waals surface area (Å²) in [6.45, 7) is 5.93. The molecule has 0 fully saturated rings. The molecule has 0 amide bonds. The molecule has 0 aliphatic carbocycles. The fourth-order valence-corrected chi connectivity index (χ4v) is 5.08. The molecule has 1 aromatic carbocycles. The second kappa shape index (κ2) is 17.6. The molecular weight excluding hydrogens is 435 g/mol. The maximum atomic E-state index is 13.2. The van der Waals surface area contributed by atoms with Gasteiger partial charge in [0.25, 0.3) is 0 Å². The summed E-state index contributed by atoms with van der Waals surface area (Å²) in [7, 11) is -2.56. The second-order valence-corrected chi connectivity index (χ2v) is 9.81. The lowest BCUT2D eigenvalue weighted by Crippen LogP contribution is -2.10. The Bertz CT molecular complexity index is 824. The number of methoxy groups -OCH3 is 1. The van der Waals surface area contributed by atoms with Crippen LogP contribution in [0.2, 0.25) is 0 Å². The molecule has 0 unspecified atom stereocenters. The molecule has 0 heterocycles. The summed E-state index contributed by atoms with van der Waals surface area (Å²) in [5.74, 6) is 5.70. The van der Waals surface area contributed by atoms with Crippen LogP contribution < -0.4 is 0 Å². The number of benzene rings is 1. The van der Waals surface area contributed by atoms with Gasteiger partial charge in [-0.3, -0.25) is 4.57 Å². The first-order chi connectivity index (χ1) is 16.0. The maximum Gasteiger partial charge on any atom is 0.368 e. The molecule has 33 heavy (non-hydrogen) atoms. The Morgan fingerprint density at radius 3 is 2.06 bits per heavy atom. The summed E-state index contributed by atoms with van der Waals surface area (Å²) in [5, 5.41) is -0.123. The minimum atomic E-state index is -3.81. The lowest BCUT2D eigenvalue weighted by Gasteiger charge is -2.18. The van der Waals surface area contributed by atoms with Crippen molar-refractivity contribution in [3.8, 4) is 11.8 Å². The molecule has 0 aliphatic rings. The molecule has 0 saturated heterocycles. The Kier molecular flexibility index (Phi) is 15.6. The van der Waals surface area contributed by atoms with Crippen LogP contribution in [0.15, 0.2) is 29.6 Å². The van der Waals surface area contributed by atoms with Crippen LogP contribution in [0.5, 0.6) is 0 Å².